The summed E-state index contributed by atoms with van der Waals surface area (Å²) in [4.78, 5) is 0. The fourth-order valence-electron chi connectivity index (χ4n) is 1.64. The van der Waals surface area contributed by atoms with Gasteiger partial charge in [-0.1, -0.05) is 43.1 Å². The summed E-state index contributed by atoms with van der Waals surface area (Å²) < 4.78 is 26.4. The Bertz CT molecular complexity index is 557. The maximum Gasteiger partial charge on any atom is 0.215 e. The van der Waals surface area contributed by atoms with Gasteiger partial charge in [-0.05, 0) is 30.5 Å². The zero-order valence-electron chi connectivity index (χ0n) is 11.5. The standard InChI is InChI=1S/C13H19Cl2NO3S/c1-3-13(17,4-2)9-16-20(18,19)8-10-5-6-11(14)12(15)7-10/h5-7,16-17H,3-4,8-9H2,1-2H3. The third-order valence-corrected chi connectivity index (χ3v) is 5.31. The molecule has 1 aromatic carbocycles. The van der Waals surface area contributed by atoms with Crippen molar-refractivity contribution in [3.8, 4) is 0 Å². The summed E-state index contributed by atoms with van der Waals surface area (Å²) in [5.41, 5.74) is -0.464. The lowest BCUT2D eigenvalue weighted by molar-refractivity contribution is 0.0377. The molecule has 0 saturated carbocycles. The molecule has 0 aromatic heterocycles. The molecule has 0 aliphatic heterocycles. The molecule has 0 bridgehead atoms. The molecule has 4 nitrogen and oxygen atoms in total. The van der Waals surface area contributed by atoms with Crippen LogP contribution < -0.4 is 4.72 Å². The van der Waals surface area contributed by atoms with Crippen LogP contribution in [0.4, 0.5) is 0 Å². The van der Waals surface area contributed by atoms with Crippen LogP contribution in [0.25, 0.3) is 0 Å². The van der Waals surface area contributed by atoms with Gasteiger partial charge in [0.1, 0.15) is 0 Å². The summed E-state index contributed by atoms with van der Waals surface area (Å²) in [6.07, 6.45) is 0.970. The normalized spacial score (nSPS) is 12.7. The molecular weight excluding hydrogens is 321 g/mol. The molecule has 0 fully saturated rings. The van der Waals surface area contributed by atoms with Gasteiger partial charge in [0.25, 0.3) is 0 Å². The maximum atomic E-state index is 12.0. The van der Waals surface area contributed by atoms with E-state index in [1.54, 1.807) is 12.1 Å². The van der Waals surface area contributed by atoms with Crippen molar-refractivity contribution in [1.29, 1.82) is 0 Å². The van der Waals surface area contributed by atoms with Crippen molar-refractivity contribution < 1.29 is 13.5 Å². The van der Waals surface area contributed by atoms with Gasteiger partial charge in [0, 0.05) is 6.54 Å². The summed E-state index contributed by atoms with van der Waals surface area (Å²) in [6.45, 7) is 3.64. The van der Waals surface area contributed by atoms with E-state index in [0.717, 1.165) is 0 Å². The van der Waals surface area contributed by atoms with Crippen molar-refractivity contribution in [2.45, 2.75) is 38.0 Å². The highest BCUT2D eigenvalue weighted by Crippen LogP contribution is 2.23. The molecule has 0 saturated heterocycles. The van der Waals surface area contributed by atoms with Gasteiger partial charge in [0.15, 0.2) is 0 Å². The predicted octanol–water partition coefficient (Wildman–Crippen LogP) is 2.96. The van der Waals surface area contributed by atoms with Gasteiger partial charge in [-0.2, -0.15) is 0 Å². The van der Waals surface area contributed by atoms with Crippen molar-refractivity contribution in [3.63, 3.8) is 0 Å². The van der Waals surface area contributed by atoms with Crippen molar-refractivity contribution in [2.75, 3.05) is 6.54 Å². The topological polar surface area (TPSA) is 66.4 Å². The van der Waals surface area contributed by atoms with Gasteiger partial charge in [0.05, 0.1) is 21.4 Å². The fraction of sp³-hybridized carbons (Fsp3) is 0.538. The van der Waals surface area contributed by atoms with Crippen LogP contribution in [0.1, 0.15) is 32.3 Å². The largest absolute Gasteiger partial charge is 0.389 e. The van der Waals surface area contributed by atoms with Crippen LogP contribution in [-0.4, -0.2) is 25.7 Å². The number of halogens is 2. The molecule has 0 radical (unpaired) electrons. The first-order chi connectivity index (χ1) is 9.21. The second-order valence-electron chi connectivity index (χ2n) is 4.76. The third kappa shape index (κ3) is 5.22. The predicted molar refractivity (Wildman–Crippen MR) is 82.6 cm³/mol. The molecule has 0 spiro atoms. The van der Waals surface area contributed by atoms with Crippen molar-refractivity contribution in [1.82, 2.24) is 4.72 Å². The molecule has 0 unspecified atom stereocenters. The van der Waals surface area contributed by atoms with Gasteiger partial charge in [-0.3, -0.25) is 0 Å². The van der Waals surface area contributed by atoms with Crippen molar-refractivity contribution in [2.24, 2.45) is 0 Å². The lowest BCUT2D eigenvalue weighted by Gasteiger charge is -2.25. The van der Waals surface area contributed by atoms with Crippen LogP contribution in [0.2, 0.25) is 10.0 Å². The Morgan fingerprint density at radius 3 is 2.30 bits per heavy atom. The number of benzene rings is 1. The van der Waals surface area contributed by atoms with Crippen molar-refractivity contribution >= 4 is 33.2 Å². The number of aliphatic hydroxyl groups is 1. The zero-order chi connectivity index (χ0) is 15.4. The molecular formula is C13H19Cl2NO3S. The monoisotopic (exact) mass is 339 g/mol. The second-order valence-corrected chi connectivity index (χ2v) is 7.38. The molecule has 2 N–H and O–H groups in total. The van der Waals surface area contributed by atoms with E-state index in [2.05, 4.69) is 4.72 Å². The molecule has 114 valence electrons. The van der Waals surface area contributed by atoms with E-state index in [9.17, 15) is 13.5 Å². The van der Waals surface area contributed by atoms with Crippen LogP contribution in [0.5, 0.6) is 0 Å². The van der Waals surface area contributed by atoms with Gasteiger partial charge in [-0.25, -0.2) is 13.1 Å². The highest BCUT2D eigenvalue weighted by Gasteiger charge is 2.24. The number of sulfonamides is 1. The van der Waals surface area contributed by atoms with Crippen LogP contribution in [0.3, 0.4) is 0 Å². The zero-order valence-corrected chi connectivity index (χ0v) is 13.8. The van der Waals surface area contributed by atoms with E-state index in [0.29, 0.717) is 28.5 Å². The molecule has 1 aromatic rings. The molecule has 0 atom stereocenters. The number of hydrogen-bond donors (Lipinski definition) is 2. The molecule has 20 heavy (non-hydrogen) atoms. The number of rotatable bonds is 7. The van der Waals surface area contributed by atoms with E-state index < -0.39 is 15.6 Å². The lowest BCUT2D eigenvalue weighted by Crippen LogP contribution is -2.42. The van der Waals surface area contributed by atoms with Crippen LogP contribution >= 0.6 is 23.2 Å². The van der Waals surface area contributed by atoms with E-state index in [4.69, 9.17) is 23.2 Å². The van der Waals surface area contributed by atoms with Gasteiger partial charge >= 0.3 is 0 Å². The van der Waals surface area contributed by atoms with Gasteiger partial charge in [-0.15, -0.1) is 0 Å². The smallest absolute Gasteiger partial charge is 0.215 e. The summed E-state index contributed by atoms with van der Waals surface area (Å²) in [6, 6.07) is 4.69. The van der Waals surface area contributed by atoms with Crippen LogP contribution in [0.15, 0.2) is 18.2 Å². The first-order valence-electron chi connectivity index (χ1n) is 6.35. The Morgan fingerprint density at radius 2 is 1.80 bits per heavy atom. The highest BCUT2D eigenvalue weighted by atomic mass is 35.5. The molecule has 0 amide bonds. The SMILES string of the molecule is CCC(O)(CC)CNS(=O)(=O)Cc1ccc(Cl)c(Cl)c1. The second kappa shape index (κ2) is 7.09. The summed E-state index contributed by atoms with van der Waals surface area (Å²) >= 11 is 11.6. The Labute approximate surface area is 130 Å². The lowest BCUT2D eigenvalue weighted by atomic mass is 9.98. The Kier molecular flexibility index (Phi) is 6.28. The minimum Gasteiger partial charge on any atom is -0.389 e. The summed E-state index contributed by atoms with van der Waals surface area (Å²) in [5.74, 6) is -0.201. The quantitative estimate of drug-likeness (QED) is 0.802. The minimum absolute atomic E-state index is 0.00363. The number of hydrogen-bond acceptors (Lipinski definition) is 3. The minimum atomic E-state index is -3.53. The molecule has 7 heteroatoms. The van der Waals surface area contributed by atoms with Gasteiger partial charge < -0.3 is 5.11 Å². The van der Waals surface area contributed by atoms with Crippen LogP contribution in [-0.2, 0) is 15.8 Å². The number of nitrogens with one attached hydrogen (secondary N) is 1. The van der Waals surface area contributed by atoms with E-state index >= 15 is 0 Å². The van der Waals surface area contributed by atoms with Crippen molar-refractivity contribution in [3.05, 3.63) is 33.8 Å². The fourth-order valence-corrected chi connectivity index (χ4v) is 3.17. The first-order valence-corrected chi connectivity index (χ1v) is 8.76. The Hall–Kier alpha value is -0.330. The third-order valence-electron chi connectivity index (χ3n) is 3.28. The molecule has 1 rings (SSSR count). The summed E-state index contributed by atoms with van der Waals surface area (Å²) in [5, 5.41) is 10.8. The first kappa shape index (κ1) is 17.7. The summed E-state index contributed by atoms with van der Waals surface area (Å²) in [7, 11) is -3.53. The highest BCUT2D eigenvalue weighted by molar-refractivity contribution is 7.88. The molecule has 0 aliphatic carbocycles. The Balaban J connectivity index is 2.73. The van der Waals surface area contributed by atoms with Crippen LogP contribution in [0, 0.1) is 0 Å². The van der Waals surface area contributed by atoms with Gasteiger partial charge in [0.2, 0.25) is 10.0 Å². The maximum absolute atomic E-state index is 12.0. The van der Waals surface area contributed by atoms with E-state index in [1.165, 1.54) is 6.07 Å². The van der Waals surface area contributed by atoms with E-state index in [-0.39, 0.29) is 12.3 Å². The Morgan fingerprint density at radius 1 is 1.20 bits per heavy atom. The molecule has 0 aliphatic rings. The van der Waals surface area contributed by atoms with E-state index in [1.807, 2.05) is 13.8 Å². The average molecular weight is 340 g/mol. The average Bonchev–Trinajstić information content (AvgIpc) is 2.40. The molecule has 0 heterocycles.